The van der Waals surface area contributed by atoms with E-state index in [1.54, 1.807) is 132 Å². The lowest BCUT2D eigenvalue weighted by Crippen LogP contribution is -2.63. The van der Waals surface area contributed by atoms with E-state index in [0.29, 0.717) is 0 Å². The molecule has 0 aromatic rings. The molecule has 374 valence electrons. The van der Waals surface area contributed by atoms with Crippen LogP contribution in [0.3, 0.4) is 0 Å². The topological polar surface area (TPSA) is 268 Å². The van der Waals surface area contributed by atoms with Crippen LogP contribution in [0.15, 0.2) is 0 Å². The van der Waals surface area contributed by atoms with Gasteiger partial charge in [0, 0.05) is 0 Å². The van der Waals surface area contributed by atoms with Gasteiger partial charge < -0.3 is 52.0 Å². The van der Waals surface area contributed by atoms with E-state index in [2.05, 4.69) is 42.5 Å². The zero-order valence-corrected chi connectivity index (χ0v) is 42.7. The first-order valence-electron chi connectivity index (χ1n) is 22.9. The number of esters is 1. The summed E-state index contributed by atoms with van der Waals surface area (Å²) in [6, 6.07) is -8.79. The quantitative estimate of drug-likeness (QED) is 0.0653. The highest BCUT2D eigenvalue weighted by Crippen LogP contribution is 2.15. The second kappa shape index (κ2) is 26.9. The molecule has 0 saturated carbocycles. The summed E-state index contributed by atoms with van der Waals surface area (Å²) in [6.45, 7) is 32.5. The van der Waals surface area contributed by atoms with E-state index in [1.807, 2.05) is 0 Å². The van der Waals surface area contributed by atoms with Crippen molar-refractivity contribution in [3.8, 4) is 0 Å². The summed E-state index contributed by atoms with van der Waals surface area (Å²) in [7, 11) is 1.21. The molecule has 0 heterocycles. The summed E-state index contributed by atoms with van der Waals surface area (Å²) in [5, 5.41) is 21.6. The molecular formula is C46H84N8O11. The highest BCUT2D eigenvalue weighted by Gasteiger charge is 2.39. The molecule has 0 aromatic carbocycles. The van der Waals surface area contributed by atoms with Gasteiger partial charge in [0.05, 0.1) is 7.11 Å². The van der Waals surface area contributed by atoms with Crippen molar-refractivity contribution in [1.82, 2.24) is 42.5 Å². The van der Waals surface area contributed by atoms with E-state index in [9.17, 15) is 43.2 Å². The number of methoxy groups -OCH3 is 1. The Labute approximate surface area is 387 Å². The van der Waals surface area contributed by atoms with E-state index in [-0.39, 0.29) is 11.8 Å². The number of amides is 8. The second-order valence-corrected chi connectivity index (χ2v) is 20.5. The van der Waals surface area contributed by atoms with Crippen LogP contribution in [0.4, 0.5) is 4.79 Å². The fraction of sp³-hybridized carbons (Fsp3) is 0.804. The van der Waals surface area contributed by atoms with Crippen LogP contribution in [0.1, 0.15) is 132 Å². The van der Waals surface area contributed by atoms with Crippen molar-refractivity contribution in [2.45, 2.75) is 185 Å². The fourth-order valence-electron chi connectivity index (χ4n) is 6.51. The SMILES string of the molecule is COC(=O)C(NC(=O)C(NC(=O)C(NC(=O)C(NC(=O)C(NC(=O)C(NC(=O)C(NC(=O)C(NC(=O)OC(C)(C)C)C(C)C)C(C)C)C(C)C)C(C)C)C(C)C)C(C)C)C(C)C)C(C)C. The van der Waals surface area contributed by atoms with Gasteiger partial charge >= 0.3 is 12.1 Å². The molecule has 0 aliphatic rings. The van der Waals surface area contributed by atoms with Crippen molar-refractivity contribution >= 4 is 53.4 Å². The van der Waals surface area contributed by atoms with Gasteiger partial charge in [0.25, 0.3) is 0 Å². The van der Waals surface area contributed by atoms with Crippen molar-refractivity contribution in [3.05, 3.63) is 0 Å². The Hall–Kier alpha value is -4.97. The Morgan fingerprint density at radius 2 is 0.477 bits per heavy atom. The van der Waals surface area contributed by atoms with Crippen LogP contribution in [0.25, 0.3) is 0 Å². The van der Waals surface area contributed by atoms with Crippen molar-refractivity contribution in [1.29, 1.82) is 0 Å². The summed E-state index contributed by atoms with van der Waals surface area (Å²) in [5.41, 5.74) is -0.805. The van der Waals surface area contributed by atoms with Gasteiger partial charge in [-0.3, -0.25) is 33.6 Å². The van der Waals surface area contributed by atoms with Crippen molar-refractivity contribution in [2.75, 3.05) is 7.11 Å². The number of rotatable bonds is 24. The van der Waals surface area contributed by atoms with Gasteiger partial charge in [-0.05, 0) is 68.1 Å². The van der Waals surface area contributed by atoms with Gasteiger partial charge in [-0.25, -0.2) is 9.59 Å². The minimum absolute atomic E-state index is 0.299. The number of carbonyl (C=O) groups excluding carboxylic acids is 9. The molecule has 0 aliphatic carbocycles. The number of hydrogen-bond donors (Lipinski definition) is 8. The Morgan fingerprint density at radius 3 is 0.631 bits per heavy atom. The fourth-order valence-corrected chi connectivity index (χ4v) is 6.51. The average molecular weight is 925 g/mol. The molecule has 8 amide bonds. The van der Waals surface area contributed by atoms with Crippen LogP contribution in [0.2, 0.25) is 0 Å². The van der Waals surface area contributed by atoms with Gasteiger partial charge in [-0.15, -0.1) is 0 Å². The van der Waals surface area contributed by atoms with Gasteiger partial charge in [0.15, 0.2) is 0 Å². The van der Waals surface area contributed by atoms with E-state index in [0.717, 1.165) is 0 Å². The summed E-state index contributed by atoms with van der Waals surface area (Å²) in [5.74, 6) is -8.64. The third kappa shape index (κ3) is 20.0. The number of alkyl carbamates (subject to hydrolysis) is 1. The molecule has 0 aromatic heterocycles. The predicted molar refractivity (Wildman–Crippen MR) is 247 cm³/mol. The summed E-state index contributed by atoms with van der Waals surface area (Å²) in [6.07, 6.45) is -0.794. The van der Waals surface area contributed by atoms with Crippen LogP contribution < -0.4 is 42.5 Å². The van der Waals surface area contributed by atoms with Crippen LogP contribution in [0.5, 0.6) is 0 Å². The number of hydrogen-bond acceptors (Lipinski definition) is 11. The van der Waals surface area contributed by atoms with Gasteiger partial charge in [0.2, 0.25) is 41.4 Å². The summed E-state index contributed by atoms with van der Waals surface area (Å²) < 4.78 is 10.2. The van der Waals surface area contributed by atoms with Crippen molar-refractivity contribution in [2.24, 2.45) is 47.3 Å². The second-order valence-electron chi connectivity index (χ2n) is 20.5. The maximum atomic E-state index is 14.0. The third-order valence-corrected chi connectivity index (χ3v) is 10.5. The molecule has 0 bridgehead atoms. The molecule has 19 nitrogen and oxygen atoms in total. The number of carbonyl (C=O) groups is 9. The molecule has 8 N–H and O–H groups in total. The van der Waals surface area contributed by atoms with Crippen LogP contribution in [0, 0.1) is 47.3 Å². The minimum Gasteiger partial charge on any atom is -0.467 e. The molecular weight excluding hydrogens is 841 g/mol. The largest absolute Gasteiger partial charge is 0.467 e. The monoisotopic (exact) mass is 925 g/mol. The zero-order chi connectivity index (χ0) is 51.0. The molecule has 0 rings (SSSR count). The number of nitrogens with one attached hydrogen (secondary N) is 8. The lowest BCUT2D eigenvalue weighted by molar-refractivity contribution is -0.147. The average Bonchev–Trinajstić information content (AvgIpc) is 3.16. The molecule has 0 spiro atoms. The molecule has 19 heteroatoms. The first-order chi connectivity index (χ1) is 29.7. The van der Waals surface area contributed by atoms with Crippen LogP contribution in [-0.2, 0) is 47.8 Å². The Bertz CT molecular complexity index is 1640. The highest BCUT2D eigenvalue weighted by molar-refractivity contribution is 5.98. The summed E-state index contributed by atoms with van der Waals surface area (Å²) >= 11 is 0. The first kappa shape index (κ1) is 60.0. The lowest BCUT2D eigenvalue weighted by atomic mass is 9.96. The molecule has 0 fully saturated rings. The zero-order valence-electron chi connectivity index (χ0n) is 42.7. The van der Waals surface area contributed by atoms with E-state index in [4.69, 9.17) is 9.47 Å². The molecule has 0 aliphatic heterocycles. The molecule has 8 atom stereocenters. The maximum Gasteiger partial charge on any atom is 0.408 e. The van der Waals surface area contributed by atoms with Crippen LogP contribution >= 0.6 is 0 Å². The van der Waals surface area contributed by atoms with E-state index >= 15 is 0 Å². The summed E-state index contributed by atoms with van der Waals surface area (Å²) in [4.78, 5) is 121. The van der Waals surface area contributed by atoms with Crippen LogP contribution in [-0.4, -0.2) is 114 Å². The standard InChI is InChI=1S/C46H84N8O11/c1-21(2)29(48-39(57)31(23(5)6)50-41(59)33(25(9)10)52-43(61)35(27(13)14)54-45(63)65-46(17,18)19)37(55)47-30(22(3)4)38(56)49-32(24(7)8)40(58)51-34(26(11)12)42(60)53-36(28(15)16)44(62)64-20/h21-36H,1-20H3,(H,47,55)(H,48,57)(H,49,56)(H,50,59)(H,51,58)(H,52,61)(H,53,60)(H,54,63). The Morgan fingerprint density at radius 1 is 0.308 bits per heavy atom. The van der Waals surface area contributed by atoms with Gasteiger partial charge in [-0.1, -0.05) is 111 Å². The van der Waals surface area contributed by atoms with Crippen molar-refractivity contribution in [3.63, 3.8) is 0 Å². The third-order valence-electron chi connectivity index (χ3n) is 10.5. The minimum atomic E-state index is -1.17. The normalized spacial score (nSPS) is 15.6. The number of ether oxygens (including phenoxy) is 2. The smallest absolute Gasteiger partial charge is 0.408 e. The molecule has 0 radical (unpaired) electrons. The lowest BCUT2D eigenvalue weighted by Gasteiger charge is -2.32. The molecule has 0 saturated heterocycles. The molecule has 8 unspecified atom stereocenters. The Kier molecular flexibility index (Phi) is 24.8. The molecule has 65 heavy (non-hydrogen) atoms. The van der Waals surface area contributed by atoms with Crippen molar-refractivity contribution < 1.29 is 52.6 Å². The highest BCUT2D eigenvalue weighted by atomic mass is 16.6. The van der Waals surface area contributed by atoms with E-state index < -0.39 is 143 Å². The predicted octanol–water partition coefficient (Wildman–Crippen LogP) is 2.69. The van der Waals surface area contributed by atoms with E-state index in [1.165, 1.54) is 7.11 Å². The van der Waals surface area contributed by atoms with Gasteiger partial charge in [0.1, 0.15) is 53.9 Å². The van der Waals surface area contributed by atoms with Gasteiger partial charge in [-0.2, -0.15) is 0 Å². The maximum absolute atomic E-state index is 14.0. The Balaban J connectivity index is 6.25. The first-order valence-corrected chi connectivity index (χ1v) is 22.9.